The van der Waals surface area contributed by atoms with Gasteiger partial charge in [-0.3, -0.25) is 4.79 Å². The molecule has 0 bridgehead atoms. The number of amides is 1. The van der Waals surface area contributed by atoms with Crippen LogP contribution in [0.2, 0.25) is 5.02 Å². The van der Waals surface area contributed by atoms with Gasteiger partial charge in [-0.2, -0.15) is 4.98 Å². The zero-order chi connectivity index (χ0) is 25.6. The van der Waals surface area contributed by atoms with Crippen LogP contribution in [-0.4, -0.2) is 56.4 Å². The minimum Gasteiger partial charge on any atom is -0.463 e. The van der Waals surface area contributed by atoms with Crippen molar-refractivity contribution in [2.24, 2.45) is 10.9 Å². The van der Waals surface area contributed by atoms with Crippen LogP contribution in [0, 0.1) is 12.8 Å². The number of aliphatic imine (C=N–C) groups is 1. The van der Waals surface area contributed by atoms with Crippen LogP contribution in [0.25, 0.3) is 0 Å². The molecular weight excluding hydrogens is 478 g/mol. The minimum absolute atomic E-state index is 0.106. The molecule has 1 aromatic carbocycles. The summed E-state index contributed by atoms with van der Waals surface area (Å²) >= 11 is 6.83. The normalized spacial score (nSPS) is 25.7. The number of hydrogen-bond donors (Lipinski definition) is 2. The second-order valence-corrected chi connectivity index (χ2v) is 11.2. The van der Waals surface area contributed by atoms with E-state index in [2.05, 4.69) is 22.1 Å². The molecule has 2 fully saturated rings. The average Bonchev–Trinajstić information content (AvgIpc) is 2.81. The summed E-state index contributed by atoms with van der Waals surface area (Å²) in [4.78, 5) is 27.5. The Bertz CT molecular complexity index is 1210. The lowest BCUT2D eigenvalue weighted by Gasteiger charge is -2.36. The number of carbonyl (C=O) groups excluding carboxylic acids is 1. The van der Waals surface area contributed by atoms with Crippen molar-refractivity contribution in [3.8, 4) is 5.88 Å². The summed E-state index contributed by atoms with van der Waals surface area (Å²) < 4.78 is 6.17. The Hall–Kier alpha value is -2.71. The van der Waals surface area contributed by atoms with Crippen molar-refractivity contribution < 1.29 is 14.6 Å². The van der Waals surface area contributed by atoms with Crippen LogP contribution >= 0.6 is 11.6 Å². The first-order valence-corrected chi connectivity index (χ1v) is 13.2. The van der Waals surface area contributed by atoms with E-state index in [1.54, 1.807) is 6.92 Å². The zero-order valence-corrected chi connectivity index (χ0v) is 21.9. The SMILES string of the molecule is Cc1nc(N)c2c(n1)OC(C)(C)C(c1ccc([C@H]3CC[C@H](CN4CCCC(O)C4=O)CC3)c(Cl)c1)=N2. The van der Waals surface area contributed by atoms with Crippen molar-refractivity contribution in [2.75, 3.05) is 18.8 Å². The summed E-state index contributed by atoms with van der Waals surface area (Å²) in [6.07, 6.45) is 4.80. The molecule has 3 heterocycles. The fraction of sp³-hybridized carbons (Fsp3) is 0.556. The van der Waals surface area contributed by atoms with Gasteiger partial charge in [-0.05, 0) is 82.8 Å². The van der Waals surface area contributed by atoms with Gasteiger partial charge in [0.05, 0.1) is 5.71 Å². The predicted octanol–water partition coefficient (Wildman–Crippen LogP) is 4.57. The summed E-state index contributed by atoms with van der Waals surface area (Å²) in [6.45, 7) is 7.19. The van der Waals surface area contributed by atoms with Gasteiger partial charge in [0.2, 0.25) is 5.88 Å². The number of anilines is 1. The van der Waals surface area contributed by atoms with E-state index in [4.69, 9.17) is 27.1 Å². The molecule has 36 heavy (non-hydrogen) atoms. The molecule has 2 aromatic rings. The highest BCUT2D eigenvalue weighted by molar-refractivity contribution is 6.32. The molecule has 1 saturated heterocycles. The van der Waals surface area contributed by atoms with Gasteiger partial charge in [0.25, 0.3) is 5.91 Å². The Morgan fingerprint density at radius 3 is 2.67 bits per heavy atom. The maximum Gasteiger partial charge on any atom is 0.251 e. The molecule has 1 aliphatic carbocycles. The number of nitrogens with two attached hydrogens (primary N) is 1. The first kappa shape index (κ1) is 25.0. The zero-order valence-electron chi connectivity index (χ0n) is 21.1. The highest BCUT2D eigenvalue weighted by atomic mass is 35.5. The molecule has 5 rings (SSSR count). The highest BCUT2D eigenvalue weighted by Crippen LogP contribution is 2.42. The predicted molar refractivity (Wildman–Crippen MR) is 140 cm³/mol. The van der Waals surface area contributed by atoms with Crippen LogP contribution in [0.4, 0.5) is 11.5 Å². The molecule has 3 N–H and O–H groups in total. The van der Waals surface area contributed by atoms with E-state index in [9.17, 15) is 9.90 Å². The third-order valence-electron chi connectivity index (χ3n) is 7.68. The molecule has 0 radical (unpaired) electrons. The number of piperidine rings is 1. The molecule has 1 saturated carbocycles. The van der Waals surface area contributed by atoms with Gasteiger partial charge in [0.15, 0.2) is 11.5 Å². The Labute approximate surface area is 216 Å². The van der Waals surface area contributed by atoms with Gasteiger partial charge in [0, 0.05) is 23.7 Å². The average molecular weight is 512 g/mol. The van der Waals surface area contributed by atoms with Crippen molar-refractivity contribution in [2.45, 2.75) is 76.9 Å². The largest absolute Gasteiger partial charge is 0.463 e. The number of aryl methyl sites for hydroxylation is 1. The molecule has 3 aliphatic rings. The standard InChI is InChI=1S/C27H34ClN5O3/c1-15-30-24(29)22-25(31-15)36-27(2,3)23(32-22)18-10-11-19(20(28)13-18)17-8-6-16(7-9-17)14-33-12-4-5-21(34)26(33)35/h10-11,13,16-17,21,34H,4-9,12,14H2,1-3H3,(H2,29,30,31)/t16-,17-,21?. The number of aliphatic hydroxyl groups excluding tert-OH is 1. The minimum atomic E-state index is -0.821. The second-order valence-electron chi connectivity index (χ2n) is 10.8. The molecule has 2 aliphatic heterocycles. The van der Waals surface area contributed by atoms with Gasteiger partial charge in [-0.25, -0.2) is 9.98 Å². The summed E-state index contributed by atoms with van der Waals surface area (Å²) in [7, 11) is 0. The third kappa shape index (κ3) is 4.81. The molecule has 1 aromatic heterocycles. The van der Waals surface area contributed by atoms with E-state index in [1.165, 1.54) is 0 Å². The van der Waals surface area contributed by atoms with Crippen LogP contribution in [0.3, 0.4) is 0 Å². The maximum atomic E-state index is 12.3. The first-order valence-electron chi connectivity index (χ1n) is 12.8. The van der Waals surface area contributed by atoms with Crippen molar-refractivity contribution >= 4 is 34.7 Å². The van der Waals surface area contributed by atoms with Crippen LogP contribution < -0.4 is 10.5 Å². The Balaban J connectivity index is 1.30. The van der Waals surface area contributed by atoms with E-state index >= 15 is 0 Å². The smallest absolute Gasteiger partial charge is 0.251 e. The highest BCUT2D eigenvalue weighted by Gasteiger charge is 2.36. The van der Waals surface area contributed by atoms with Gasteiger partial charge in [0.1, 0.15) is 17.5 Å². The van der Waals surface area contributed by atoms with E-state index in [-0.39, 0.29) is 5.91 Å². The summed E-state index contributed by atoms with van der Waals surface area (Å²) in [5.74, 6) is 1.99. The van der Waals surface area contributed by atoms with Crippen molar-refractivity contribution in [1.82, 2.24) is 14.9 Å². The molecule has 0 spiro atoms. The summed E-state index contributed by atoms with van der Waals surface area (Å²) in [6, 6.07) is 6.13. The van der Waals surface area contributed by atoms with Crippen molar-refractivity contribution in [3.63, 3.8) is 0 Å². The van der Waals surface area contributed by atoms with Gasteiger partial charge in [-0.15, -0.1) is 0 Å². The van der Waals surface area contributed by atoms with E-state index in [1.807, 2.05) is 24.8 Å². The third-order valence-corrected chi connectivity index (χ3v) is 8.01. The molecule has 192 valence electrons. The summed E-state index contributed by atoms with van der Waals surface area (Å²) in [5.41, 5.74) is 8.63. The molecule has 8 nitrogen and oxygen atoms in total. The van der Waals surface area contributed by atoms with Crippen LogP contribution in [0.1, 0.15) is 75.2 Å². The number of rotatable bonds is 4. The molecule has 9 heteroatoms. The Morgan fingerprint density at radius 1 is 1.19 bits per heavy atom. The number of ether oxygens (including phenoxy) is 1. The lowest BCUT2D eigenvalue weighted by molar-refractivity contribution is -0.144. The molecular formula is C27H34ClN5O3. The van der Waals surface area contributed by atoms with Crippen molar-refractivity contribution in [3.05, 3.63) is 40.2 Å². The van der Waals surface area contributed by atoms with Crippen LogP contribution in [0.5, 0.6) is 5.88 Å². The van der Waals surface area contributed by atoms with Crippen molar-refractivity contribution in [1.29, 1.82) is 0 Å². The van der Waals surface area contributed by atoms with Gasteiger partial charge in [-0.1, -0.05) is 23.7 Å². The fourth-order valence-corrected chi connectivity index (χ4v) is 6.10. The first-order chi connectivity index (χ1) is 17.1. The maximum absolute atomic E-state index is 12.3. The fourth-order valence-electron chi connectivity index (χ4n) is 5.76. The van der Waals surface area contributed by atoms with E-state index < -0.39 is 11.7 Å². The number of nitrogen functional groups attached to an aromatic ring is 1. The summed E-state index contributed by atoms with van der Waals surface area (Å²) in [5, 5.41) is 10.6. The Morgan fingerprint density at radius 2 is 1.94 bits per heavy atom. The number of hydrogen-bond acceptors (Lipinski definition) is 7. The number of benzene rings is 1. The number of halogens is 1. The second kappa shape index (κ2) is 9.63. The lowest BCUT2D eigenvalue weighted by Crippen LogP contribution is -2.46. The quantitative estimate of drug-likeness (QED) is 0.621. The number of aromatic nitrogens is 2. The van der Waals surface area contributed by atoms with Crippen LogP contribution in [-0.2, 0) is 4.79 Å². The number of nitrogens with zero attached hydrogens (tertiary/aromatic N) is 4. The van der Waals surface area contributed by atoms with Gasteiger partial charge >= 0.3 is 0 Å². The molecule has 1 unspecified atom stereocenters. The number of fused-ring (bicyclic) bond motifs is 1. The van der Waals surface area contributed by atoms with Gasteiger partial charge < -0.3 is 20.5 Å². The number of carbonyl (C=O) groups is 1. The molecule has 1 amide bonds. The topological polar surface area (TPSA) is 114 Å². The monoisotopic (exact) mass is 511 g/mol. The van der Waals surface area contributed by atoms with Crippen LogP contribution in [0.15, 0.2) is 23.2 Å². The van der Waals surface area contributed by atoms with E-state index in [0.29, 0.717) is 41.5 Å². The lowest BCUT2D eigenvalue weighted by atomic mass is 9.78. The Kier molecular flexibility index (Phi) is 6.68. The van der Waals surface area contributed by atoms with E-state index in [0.717, 1.165) is 67.1 Å². The number of likely N-dealkylation sites (tertiary alicyclic amines) is 1. The number of aliphatic hydroxyl groups is 1. The molecule has 1 atom stereocenters.